The molecule has 0 saturated carbocycles. The van der Waals surface area contributed by atoms with Crippen molar-refractivity contribution in [2.75, 3.05) is 6.61 Å². The zero-order valence-corrected chi connectivity index (χ0v) is 14.3. The molecule has 0 unspecified atom stereocenters. The topological polar surface area (TPSA) is 52.6 Å². The van der Waals surface area contributed by atoms with Gasteiger partial charge in [-0.25, -0.2) is 0 Å². The van der Waals surface area contributed by atoms with Gasteiger partial charge in [0.1, 0.15) is 5.75 Å². The fourth-order valence-corrected chi connectivity index (χ4v) is 2.25. The van der Waals surface area contributed by atoms with Gasteiger partial charge in [0.2, 0.25) is 0 Å². The van der Waals surface area contributed by atoms with Crippen LogP contribution in [-0.2, 0) is 14.3 Å². The maximum absolute atomic E-state index is 12.5. The van der Waals surface area contributed by atoms with E-state index < -0.39 is 17.4 Å². The summed E-state index contributed by atoms with van der Waals surface area (Å²) in [4.78, 5) is 24.8. The van der Waals surface area contributed by atoms with Gasteiger partial charge in [-0.2, -0.15) is 0 Å². The fraction of sp³-hybridized carbons (Fsp3) is 0.529. The first kappa shape index (κ1) is 18.5. The highest BCUT2D eigenvalue weighted by Crippen LogP contribution is 2.31. The van der Waals surface area contributed by atoms with E-state index in [0.717, 1.165) is 5.56 Å². The summed E-state index contributed by atoms with van der Waals surface area (Å²) in [7, 11) is 0. The minimum Gasteiger partial charge on any atom is -0.465 e. The summed E-state index contributed by atoms with van der Waals surface area (Å²) in [6.07, 6.45) is 1.37. The monoisotopic (exact) mass is 326 g/mol. The lowest BCUT2D eigenvalue weighted by Crippen LogP contribution is -2.42. The second-order valence-corrected chi connectivity index (χ2v) is 5.63. The van der Waals surface area contributed by atoms with Gasteiger partial charge in [-0.05, 0) is 49.9 Å². The summed E-state index contributed by atoms with van der Waals surface area (Å²) in [6, 6.07) is 4.95. The van der Waals surface area contributed by atoms with Crippen LogP contribution in [-0.4, -0.2) is 18.5 Å². The third-order valence-electron chi connectivity index (χ3n) is 3.77. The molecule has 0 aliphatic heterocycles. The van der Waals surface area contributed by atoms with Gasteiger partial charge in [0.25, 0.3) is 0 Å². The molecule has 4 nitrogen and oxygen atoms in total. The summed E-state index contributed by atoms with van der Waals surface area (Å²) in [5, 5.41) is 0.597. The van der Waals surface area contributed by atoms with Gasteiger partial charge in [0.15, 0.2) is 5.41 Å². The normalized spacial score (nSPS) is 11.1. The average Bonchev–Trinajstić information content (AvgIpc) is 2.50. The molecule has 0 fully saturated rings. The van der Waals surface area contributed by atoms with E-state index >= 15 is 0 Å². The highest BCUT2D eigenvalue weighted by molar-refractivity contribution is 6.31. The third-order valence-corrected chi connectivity index (χ3v) is 4.19. The molecule has 1 aromatic carbocycles. The van der Waals surface area contributed by atoms with Gasteiger partial charge >= 0.3 is 11.9 Å². The van der Waals surface area contributed by atoms with Gasteiger partial charge < -0.3 is 9.47 Å². The maximum atomic E-state index is 12.5. The van der Waals surface area contributed by atoms with Crippen molar-refractivity contribution in [2.24, 2.45) is 5.41 Å². The molecule has 1 aromatic rings. The molecular weight excluding hydrogens is 304 g/mol. The van der Waals surface area contributed by atoms with Crippen molar-refractivity contribution in [3.8, 4) is 5.75 Å². The zero-order chi connectivity index (χ0) is 16.8. The van der Waals surface area contributed by atoms with Gasteiger partial charge in [0, 0.05) is 5.02 Å². The van der Waals surface area contributed by atoms with Gasteiger partial charge in [0.05, 0.1) is 6.61 Å². The van der Waals surface area contributed by atoms with E-state index in [1.165, 1.54) is 0 Å². The molecule has 0 saturated heterocycles. The van der Waals surface area contributed by atoms with E-state index in [0.29, 0.717) is 36.6 Å². The van der Waals surface area contributed by atoms with E-state index in [1.54, 1.807) is 32.0 Å². The SMILES string of the molecule is CCCOC(=O)C(CC)(CC)C(=O)Oc1ccc(Cl)c(C)c1. The number of benzene rings is 1. The van der Waals surface area contributed by atoms with E-state index in [4.69, 9.17) is 21.1 Å². The summed E-state index contributed by atoms with van der Waals surface area (Å²) in [5.41, 5.74) is -0.456. The molecule has 0 N–H and O–H groups in total. The molecule has 22 heavy (non-hydrogen) atoms. The second-order valence-electron chi connectivity index (χ2n) is 5.23. The number of esters is 2. The average molecular weight is 327 g/mol. The van der Waals surface area contributed by atoms with Crippen molar-refractivity contribution in [1.82, 2.24) is 0 Å². The smallest absolute Gasteiger partial charge is 0.328 e. The lowest BCUT2D eigenvalue weighted by Gasteiger charge is -2.26. The van der Waals surface area contributed by atoms with Crippen LogP contribution >= 0.6 is 11.6 Å². The fourth-order valence-electron chi connectivity index (χ4n) is 2.13. The second kappa shape index (κ2) is 8.18. The van der Waals surface area contributed by atoms with Crippen molar-refractivity contribution >= 4 is 23.5 Å². The van der Waals surface area contributed by atoms with Crippen molar-refractivity contribution in [1.29, 1.82) is 0 Å². The highest BCUT2D eigenvalue weighted by atomic mass is 35.5. The van der Waals surface area contributed by atoms with Gasteiger partial charge in [-0.15, -0.1) is 0 Å². The number of hydrogen-bond donors (Lipinski definition) is 0. The van der Waals surface area contributed by atoms with Crippen LogP contribution in [0, 0.1) is 12.3 Å². The Bertz CT molecular complexity index is 535. The molecular formula is C17H23ClO4. The Balaban J connectivity index is 2.97. The van der Waals surface area contributed by atoms with Gasteiger partial charge in [-0.1, -0.05) is 32.4 Å². The first-order chi connectivity index (χ1) is 10.4. The molecule has 0 radical (unpaired) electrons. The molecule has 1 rings (SSSR count). The quantitative estimate of drug-likeness (QED) is 0.425. The van der Waals surface area contributed by atoms with E-state index in [-0.39, 0.29) is 0 Å². The van der Waals surface area contributed by atoms with E-state index in [2.05, 4.69) is 0 Å². The molecule has 0 aliphatic rings. The molecule has 0 bridgehead atoms. The first-order valence-electron chi connectivity index (χ1n) is 7.56. The molecule has 0 aromatic heterocycles. The Hall–Kier alpha value is -1.55. The largest absolute Gasteiger partial charge is 0.465 e. The van der Waals surface area contributed by atoms with Crippen molar-refractivity contribution < 1.29 is 19.1 Å². The van der Waals surface area contributed by atoms with Crippen LogP contribution in [0.1, 0.15) is 45.6 Å². The lowest BCUT2D eigenvalue weighted by atomic mass is 9.82. The molecule has 0 atom stereocenters. The summed E-state index contributed by atoms with van der Waals surface area (Å²) in [5.74, 6) is -0.725. The Labute approximate surface area is 136 Å². The number of rotatable bonds is 7. The molecule has 122 valence electrons. The van der Waals surface area contributed by atoms with Crippen LogP contribution in [0.4, 0.5) is 0 Å². The van der Waals surface area contributed by atoms with Crippen molar-refractivity contribution in [3.05, 3.63) is 28.8 Å². The van der Waals surface area contributed by atoms with E-state index in [1.807, 2.05) is 13.8 Å². The predicted octanol–water partition coefficient (Wildman–Crippen LogP) is 4.31. The Morgan fingerprint density at radius 3 is 2.27 bits per heavy atom. The van der Waals surface area contributed by atoms with Crippen molar-refractivity contribution in [3.63, 3.8) is 0 Å². The number of aryl methyl sites for hydroxylation is 1. The van der Waals surface area contributed by atoms with Crippen LogP contribution in [0.2, 0.25) is 5.02 Å². The first-order valence-corrected chi connectivity index (χ1v) is 7.94. The minimum absolute atomic E-state index is 0.300. The number of carbonyl (C=O) groups is 2. The minimum atomic E-state index is -1.26. The molecule has 0 spiro atoms. The van der Waals surface area contributed by atoms with Crippen LogP contribution in [0.3, 0.4) is 0 Å². The number of halogens is 1. The van der Waals surface area contributed by atoms with Gasteiger partial charge in [-0.3, -0.25) is 9.59 Å². The van der Waals surface area contributed by atoms with Crippen LogP contribution < -0.4 is 4.74 Å². The summed E-state index contributed by atoms with van der Waals surface area (Å²) < 4.78 is 10.6. The Kier molecular flexibility index (Phi) is 6.88. The standard InChI is InChI=1S/C17H23ClO4/c1-5-10-21-15(19)17(6-2,7-3)16(20)22-13-8-9-14(18)12(4)11-13/h8-9,11H,5-7,10H2,1-4H3. The van der Waals surface area contributed by atoms with Crippen LogP contribution in [0.5, 0.6) is 5.75 Å². The molecule has 0 amide bonds. The molecule has 0 aliphatic carbocycles. The van der Waals surface area contributed by atoms with E-state index in [9.17, 15) is 9.59 Å². The van der Waals surface area contributed by atoms with Crippen LogP contribution in [0.15, 0.2) is 18.2 Å². The van der Waals surface area contributed by atoms with Crippen LogP contribution in [0.25, 0.3) is 0 Å². The predicted molar refractivity (Wildman–Crippen MR) is 86.1 cm³/mol. The third kappa shape index (κ3) is 4.01. The highest BCUT2D eigenvalue weighted by Gasteiger charge is 2.46. The number of hydrogen-bond acceptors (Lipinski definition) is 4. The molecule has 0 heterocycles. The zero-order valence-electron chi connectivity index (χ0n) is 13.6. The summed E-state index contributed by atoms with van der Waals surface area (Å²) in [6.45, 7) is 7.59. The lowest BCUT2D eigenvalue weighted by molar-refractivity contribution is -0.168. The Morgan fingerprint density at radius 2 is 1.77 bits per heavy atom. The maximum Gasteiger partial charge on any atom is 0.328 e. The number of ether oxygens (including phenoxy) is 2. The number of carbonyl (C=O) groups excluding carboxylic acids is 2. The summed E-state index contributed by atoms with van der Waals surface area (Å²) >= 11 is 5.95. The molecule has 5 heteroatoms. The Morgan fingerprint density at radius 1 is 1.14 bits per heavy atom. The van der Waals surface area contributed by atoms with Crippen molar-refractivity contribution in [2.45, 2.75) is 47.0 Å².